The third-order valence-corrected chi connectivity index (χ3v) is 5.66. The minimum absolute atomic E-state index is 0.389. The maximum atomic E-state index is 12.6. The fourth-order valence-electron chi connectivity index (χ4n) is 3.88. The van der Waals surface area contributed by atoms with Crippen molar-refractivity contribution < 1.29 is 19.1 Å². The Hall–Kier alpha value is -3.61. The van der Waals surface area contributed by atoms with Crippen LogP contribution in [0.25, 0.3) is 10.9 Å². The molecule has 160 valence electrons. The predicted molar refractivity (Wildman–Crippen MR) is 116 cm³/mol. The van der Waals surface area contributed by atoms with E-state index in [1.807, 2.05) is 12.1 Å². The molecule has 7 heteroatoms. The predicted octanol–water partition coefficient (Wildman–Crippen LogP) is 3.30. The van der Waals surface area contributed by atoms with E-state index in [-0.39, 0.29) is 0 Å². The molecule has 0 bridgehead atoms. The van der Waals surface area contributed by atoms with Gasteiger partial charge in [0, 0.05) is 22.2 Å². The van der Waals surface area contributed by atoms with Crippen LogP contribution in [0.1, 0.15) is 52.2 Å². The fraction of sp³-hybridized carbons (Fsp3) is 0.292. The van der Waals surface area contributed by atoms with Crippen LogP contribution >= 0.6 is 0 Å². The van der Waals surface area contributed by atoms with E-state index in [9.17, 15) is 14.4 Å². The van der Waals surface area contributed by atoms with Gasteiger partial charge in [-0.2, -0.15) is 0 Å². The lowest BCUT2D eigenvalue weighted by atomic mass is 9.87. The minimum Gasteiger partial charge on any atom is -0.449 e. The fourth-order valence-corrected chi connectivity index (χ4v) is 3.88. The summed E-state index contributed by atoms with van der Waals surface area (Å²) in [5, 5.41) is 1.03. The highest BCUT2D eigenvalue weighted by Crippen LogP contribution is 2.32. The molecule has 7 nitrogen and oxygen atoms in total. The van der Waals surface area contributed by atoms with Crippen LogP contribution in [0.4, 0.5) is 0 Å². The molecule has 1 aliphatic rings. The number of aromatic nitrogens is 1. The molecule has 1 heterocycles. The number of amides is 2. The number of hydrogen-bond donors (Lipinski definition) is 3. The molecule has 0 fully saturated rings. The molecule has 2 amide bonds. The van der Waals surface area contributed by atoms with Crippen LogP contribution in [0.2, 0.25) is 0 Å². The van der Waals surface area contributed by atoms with Crippen molar-refractivity contribution >= 4 is 28.7 Å². The zero-order valence-electron chi connectivity index (χ0n) is 17.5. The van der Waals surface area contributed by atoms with E-state index in [1.165, 1.54) is 18.2 Å². The summed E-state index contributed by atoms with van der Waals surface area (Å²) >= 11 is 0. The number of hydrazine groups is 1. The van der Waals surface area contributed by atoms with Crippen LogP contribution in [-0.2, 0) is 22.4 Å². The maximum Gasteiger partial charge on any atom is 0.338 e. The van der Waals surface area contributed by atoms with E-state index in [1.54, 1.807) is 36.4 Å². The summed E-state index contributed by atoms with van der Waals surface area (Å²) in [6.45, 7) is 3.69. The summed E-state index contributed by atoms with van der Waals surface area (Å²) in [4.78, 5) is 40.3. The Kier molecular flexibility index (Phi) is 5.75. The molecule has 1 aromatic heterocycles. The van der Waals surface area contributed by atoms with Gasteiger partial charge < -0.3 is 9.72 Å². The Morgan fingerprint density at radius 2 is 1.84 bits per heavy atom. The number of aryl methyl sites for hydroxylation is 1. The van der Waals surface area contributed by atoms with Crippen LogP contribution in [0.15, 0.2) is 48.5 Å². The first-order chi connectivity index (χ1) is 14.9. The molecule has 0 saturated carbocycles. The first-order valence-electron chi connectivity index (χ1n) is 10.4. The topological polar surface area (TPSA) is 100 Å². The zero-order valence-corrected chi connectivity index (χ0v) is 17.5. The standard InChI is InChI=1S/C24H25N3O4/c1-14-8-10-20-18(12-14)19-13-17(9-11-21(19)25-20)24(30)31-15(2)22(28)26-27-23(29)16-6-4-3-5-7-16/h3-7,9,11,13-15,25H,8,10,12H2,1-2H3,(H,26,28)(H,27,29)/t14-,15+/m0/s1. The number of aromatic amines is 1. The van der Waals surface area contributed by atoms with Gasteiger partial charge in [0.15, 0.2) is 6.10 Å². The van der Waals surface area contributed by atoms with Crippen LogP contribution < -0.4 is 10.9 Å². The lowest BCUT2D eigenvalue weighted by Crippen LogP contribution is -2.46. The lowest BCUT2D eigenvalue weighted by molar-refractivity contribution is -0.129. The third-order valence-electron chi connectivity index (χ3n) is 5.66. The third kappa shape index (κ3) is 4.45. The highest BCUT2D eigenvalue weighted by atomic mass is 16.5. The quantitative estimate of drug-likeness (QED) is 0.446. The van der Waals surface area contributed by atoms with Crippen LogP contribution in [0.5, 0.6) is 0 Å². The molecule has 4 rings (SSSR count). The Balaban J connectivity index is 1.39. The van der Waals surface area contributed by atoms with Crippen molar-refractivity contribution in [2.45, 2.75) is 39.2 Å². The molecule has 0 unspecified atom stereocenters. The van der Waals surface area contributed by atoms with E-state index < -0.39 is 23.9 Å². The molecule has 3 aromatic rings. The summed E-state index contributed by atoms with van der Waals surface area (Å²) in [5.41, 5.74) is 8.91. The van der Waals surface area contributed by atoms with Gasteiger partial charge >= 0.3 is 5.97 Å². The minimum atomic E-state index is -1.07. The van der Waals surface area contributed by atoms with Crippen molar-refractivity contribution in [2.75, 3.05) is 0 Å². The molecule has 2 aromatic carbocycles. The van der Waals surface area contributed by atoms with E-state index >= 15 is 0 Å². The van der Waals surface area contributed by atoms with Gasteiger partial charge in [0.2, 0.25) is 0 Å². The molecule has 3 N–H and O–H groups in total. The van der Waals surface area contributed by atoms with Crippen LogP contribution in [0.3, 0.4) is 0 Å². The molecule has 0 aliphatic heterocycles. The van der Waals surface area contributed by atoms with E-state index in [0.29, 0.717) is 17.0 Å². The molecular formula is C24H25N3O4. The van der Waals surface area contributed by atoms with Gasteiger partial charge in [-0.3, -0.25) is 20.4 Å². The first-order valence-corrected chi connectivity index (χ1v) is 10.4. The number of benzene rings is 2. The largest absolute Gasteiger partial charge is 0.449 e. The maximum absolute atomic E-state index is 12.6. The molecule has 0 radical (unpaired) electrons. The summed E-state index contributed by atoms with van der Waals surface area (Å²) in [6.07, 6.45) is 2.08. The van der Waals surface area contributed by atoms with Crippen molar-refractivity contribution in [3.63, 3.8) is 0 Å². The highest BCUT2D eigenvalue weighted by Gasteiger charge is 2.23. The van der Waals surface area contributed by atoms with Crippen molar-refractivity contribution in [3.05, 3.63) is 70.9 Å². The number of hydrogen-bond acceptors (Lipinski definition) is 4. The van der Waals surface area contributed by atoms with Gasteiger partial charge in [-0.15, -0.1) is 0 Å². The number of ether oxygens (including phenoxy) is 1. The average Bonchev–Trinajstić information content (AvgIpc) is 3.14. The number of carbonyl (C=O) groups is 3. The van der Waals surface area contributed by atoms with Gasteiger partial charge in [0.05, 0.1) is 5.56 Å². The van der Waals surface area contributed by atoms with Crippen molar-refractivity contribution in [1.29, 1.82) is 0 Å². The van der Waals surface area contributed by atoms with Gasteiger partial charge in [0.1, 0.15) is 0 Å². The van der Waals surface area contributed by atoms with Crippen molar-refractivity contribution in [3.8, 4) is 0 Å². The molecule has 0 spiro atoms. The van der Waals surface area contributed by atoms with Crippen molar-refractivity contribution in [2.24, 2.45) is 5.92 Å². The van der Waals surface area contributed by atoms with Crippen LogP contribution in [0, 0.1) is 5.92 Å². The van der Waals surface area contributed by atoms with Crippen molar-refractivity contribution in [1.82, 2.24) is 15.8 Å². The second-order valence-corrected chi connectivity index (χ2v) is 8.05. The van der Waals surface area contributed by atoms with Gasteiger partial charge in [-0.25, -0.2) is 4.79 Å². The van der Waals surface area contributed by atoms with E-state index in [2.05, 4.69) is 22.8 Å². The Labute approximate surface area is 180 Å². The Morgan fingerprint density at radius 1 is 1.06 bits per heavy atom. The van der Waals surface area contributed by atoms with E-state index in [4.69, 9.17) is 4.74 Å². The number of esters is 1. The number of rotatable bonds is 4. The number of H-pyrrole nitrogens is 1. The number of fused-ring (bicyclic) bond motifs is 3. The average molecular weight is 419 g/mol. The molecule has 1 aliphatic carbocycles. The van der Waals surface area contributed by atoms with E-state index in [0.717, 1.165) is 30.2 Å². The zero-order chi connectivity index (χ0) is 22.0. The van der Waals surface area contributed by atoms with Gasteiger partial charge in [0.25, 0.3) is 11.8 Å². The van der Waals surface area contributed by atoms with Gasteiger partial charge in [-0.05, 0) is 68.0 Å². The van der Waals surface area contributed by atoms with Crippen LogP contribution in [-0.4, -0.2) is 28.9 Å². The Morgan fingerprint density at radius 3 is 2.61 bits per heavy atom. The highest BCUT2D eigenvalue weighted by molar-refractivity contribution is 5.98. The monoisotopic (exact) mass is 419 g/mol. The first kappa shape index (κ1) is 20.7. The summed E-state index contributed by atoms with van der Waals surface area (Å²) in [6, 6.07) is 13.9. The normalized spacial score (nSPS) is 16.3. The summed E-state index contributed by atoms with van der Waals surface area (Å²) < 4.78 is 5.31. The molecule has 2 atom stereocenters. The summed E-state index contributed by atoms with van der Waals surface area (Å²) in [7, 11) is 0. The number of carbonyl (C=O) groups excluding carboxylic acids is 3. The second-order valence-electron chi connectivity index (χ2n) is 8.05. The molecular weight excluding hydrogens is 394 g/mol. The lowest BCUT2D eigenvalue weighted by Gasteiger charge is -2.18. The molecule has 0 saturated heterocycles. The molecule has 31 heavy (non-hydrogen) atoms. The second kappa shape index (κ2) is 8.63. The Bertz CT molecular complexity index is 1140. The number of nitrogens with one attached hydrogen (secondary N) is 3. The SMILES string of the molecule is C[C@H]1CCc2[nH]c3ccc(C(=O)O[C@H](C)C(=O)NNC(=O)c4ccccc4)cc3c2C1. The smallest absolute Gasteiger partial charge is 0.338 e. The van der Waals surface area contributed by atoms with Gasteiger partial charge in [-0.1, -0.05) is 25.1 Å². The summed E-state index contributed by atoms with van der Waals surface area (Å²) in [5.74, 6) is -1.05.